The zero-order chi connectivity index (χ0) is 22.0. The molecule has 6 nitrogen and oxygen atoms in total. The fraction of sp³-hybridized carbons (Fsp3) is 0.583. The van der Waals surface area contributed by atoms with Crippen LogP contribution < -0.4 is 14.8 Å². The molecule has 1 amide bonds. The van der Waals surface area contributed by atoms with E-state index in [0.717, 1.165) is 27.9 Å². The van der Waals surface area contributed by atoms with E-state index < -0.39 is 0 Å². The van der Waals surface area contributed by atoms with Crippen molar-refractivity contribution >= 4 is 17.7 Å². The summed E-state index contributed by atoms with van der Waals surface area (Å²) >= 11 is 1.54. The van der Waals surface area contributed by atoms with Gasteiger partial charge in [-0.1, -0.05) is 44.5 Å². The van der Waals surface area contributed by atoms with Crippen molar-refractivity contribution in [3.05, 3.63) is 35.2 Å². The molecule has 7 heteroatoms. The van der Waals surface area contributed by atoms with E-state index in [1.807, 2.05) is 18.2 Å². The van der Waals surface area contributed by atoms with Gasteiger partial charge >= 0.3 is 0 Å². The number of ether oxygens (including phenoxy) is 2. The normalized spacial score (nSPS) is 17.2. The van der Waals surface area contributed by atoms with Gasteiger partial charge in [-0.05, 0) is 50.3 Å². The van der Waals surface area contributed by atoms with E-state index >= 15 is 0 Å². The number of thioether (sulfide) groups is 1. The molecule has 2 heterocycles. The lowest BCUT2D eigenvalue weighted by Crippen LogP contribution is -2.33. The zero-order valence-electron chi connectivity index (χ0n) is 18.9. The number of amides is 1. The van der Waals surface area contributed by atoms with Gasteiger partial charge in [-0.15, -0.1) is 0 Å². The van der Waals surface area contributed by atoms with Crippen LogP contribution in [0.15, 0.2) is 23.4 Å². The number of aryl methyl sites for hydroxylation is 1. The van der Waals surface area contributed by atoms with Crippen LogP contribution >= 0.6 is 11.8 Å². The maximum Gasteiger partial charge on any atom is 0.230 e. The van der Waals surface area contributed by atoms with Crippen molar-refractivity contribution in [2.75, 3.05) is 19.0 Å². The predicted octanol–water partition coefficient (Wildman–Crippen LogP) is 4.99. The Labute approximate surface area is 189 Å². The highest BCUT2D eigenvalue weighted by molar-refractivity contribution is 7.99. The highest BCUT2D eigenvalue weighted by atomic mass is 32.2. The van der Waals surface area contributed by atoms with Crippen molar-refractivity contribution in [1.29, 1.82) is 0 Å². The molecule has 0 saturated heterocycles. The summed E-state index contributed by atoms with van der Waals surface area (Å²) in [7, 11) is 0. The third-order valence-corrected chi connectivity index (χ3v) is 7.24. The zero-order valence-corrected chi connectivity index (χ0v) is 19.8. The number of benzene rings is 1. The SMILES string of the molecule is Cc1nc(SCC(=O)N[C@@H](c2ccc3c(c2)OCCO3)C(C)C)n(C2CCCC2)c1C. The molecule has 1 aliphatic heterocycles. The van der Waals surface area contributed by atoms with E-state index in [1.54, 1.807) is 11.8 Å². The molecule has 0 radical (unpaired) electrons. The predicted molar refractivity (Wildman–Crippen MR) is 123 cm³/mol. The van der Waals surface area contributed by atoms with Gasteiger partial charge in [0, 0.05) is 11.7 Å². The maximum absolute atomic E-state index is 12.9. The van der Waals surface area contributed by atoms with Gasteiger partial charge in [0.25, 0.3) is 0 Å². The Kier molecular flexibility index (Phi) is 6.80. The number of aromatic nitrogens is 2. The molecular weight excluding hydrogens is 410 g/mol. The van der Waals surface area contributed by atoms with Crippen LogP contribution in [-0.4, -0.2) is 34.4 Å². The Morgan fingerprint density at radius 3 is 2.61 bits per heavy atom. The van der Waals surface area contributed by atoms with Gasteiger partial charge < -0.3 is 19.4 Å². The third-order valence-electron chi connectivity index (χ3n) is 6.29. The van der Waals surface area contributed by atoms with Crippen molar-refractivity contribution in [2.45, 2.75) is 70.6 Å². The Hall–Kier alpha value is -2.15. The van der Waals surface area contributed by atoms with Gasteiger partial charge in [-0.3, -0.25) is 4.79 Å². The molecule has 1 N–H and O–H groups in total. The maximum atomic E-state index is 12.9. The van der Waals surface area contributed by atoms with Crippen LogP contribution in [0.2, 0.25) is 0 Å². The first-order valence-corrected chi connectivity index (χ1v) is 12.3. The summed E-state index contributed by atoms with van der Waals surface area (Å²) in [6, 6.07) is 6.39. The largest absolute Gasteiger partial charge is 0.486 e. The number of hydrogen-bond donors (Lipinski definition) is 1. The number of carbonyl (C=O) groups excluding carboxylic acids is 1. The van der Waals surface area contributed by atoms with E-state index in [9.17, 15) is 4.79 Å². The van der Waals surface area contributed by atoms with E-state index in [0.29, 0.717) is 25.0 Å². The number of fused-ring (bicyclic) bond motifs is 1. The monoisotopic (exact) mass is 443 g/mol. The summed E-state index contributed by atoms with van der Waals surface area (Å²) in [5.41, 5.74) is 3.33. The molecule has 2 aromatic rings. The number of hydrogen-bond acceptors (Lipinski definition) is 5. The van der Waals surface area contributed by atoms with Crippen LogP contribution in [0.25, 0.3) is 0 Å². The van der Waals surface area contributed by atoms with Crippen LogP contribution in [0.5, 0.6) is 11.5 Å². The molecule has 0 unspecified atom stereocenters. The summed E-state index contributed by atoms with van der Waals surface area (Å²) in [6.07, 6.45) is 4.96. The van der Waals surface area contributed by atoms with Gasteiger partial charge in [0.1, 0.15) is 13.2 Å². The number of imidazole rings is 1. The lowest BCUT2D eigenvalue weighted by Gasteiger charge is -2.25. The molecule has 1 fully saturated rings. The first-order chi connectivity index (χ1) is 14.9. The molecule has 168 valence electrons. The van der Waals surface area contributed by atoms with Gasteiger partial charge in [-0.2, -0.15) is 0 Å². The Bertz CT molecular complexity index is 934. The van der Waals surface area contributed by atoms with Crippen LogP contribution in [0, 0.1) is 19.8 Å². The fourth-order valence-electron chi connectivity index (χ4n) is 4.52. The topological polar surface area (TPSA) is 65.4 Å². The molecule has 4 rings (SSSR count). The van der Waals surface area contributed by atoms with Gasteiger partial charge in [-0.25, -0.2) is 4.98 Å². The molecule has 1 aromatic carbocycles. The van der Waals surface area contributed by atoms with Gasteiger partial charge in [0.05, 0.1) is 17.5 Å². The van der Waals surface area contributed by atoms with Crippen LogP contribution in [-0.2, 0) is 4.79 Å². The molecule has 1 aromatic heterocycles. The Morgan fingerprint density at radius 2 is 1.90 bits per heavy atom. The molecule has 2 aliphatic rings. The second kappa shape index (κ2) is 9.55. The number of rotatable bonds is 7. The average molecular weight is 444 g/mol. The van der Waals surface area contributed by atoms with Crippen molar-refractivity contribution in [3.8, 4) is 11.5 Å². The molecule has 1 atom stereocenters. The summed E-state index contributed by atoms with van der Waals surface area (Å²) < 4.78 is 13.7. The summed E-state index contributed by atoms with van der Waals surface area (Å²) in [5.74, 6) is 2.15. The molecule has 31 heavy (non-hydrogen) atoms. The van der Waals surface area contributed by atoms with E-state index in [-0.39, 0.29) is 17.9 Å². The number of nitrogens with one attached hydrogen (secondary N) is 1. The van der Waals surface area contributed by atoms with E-state index in [2.05, 4.69) is 37.6 Å². The standard InChI is InChI=1S/C24H33N3O3S/c1-15(2)23(18-9-10-20-21(13-18)30-12-11-29-20)26-22(28)14-31-24-25-16(3)17(4)27(24)19-7-5-6-8-19/h9-10,13,15,19,23H,5-8,11-12,14H2,1-4H3,(H,26,28)/t23-/m1/s1. The summed E-state index contributed by atoms with van der Waals surface area (Å²) in [4.78, 5) is 17.7. The van der Waals surface area contributed by atoms with Crippen molar-refractivity contribution in [3.63, 3.8) is 0 Å². The summed E-state index contributed by atoms with van der Waals surface area (Å²) in [6.45, 7) is 9.56. The quantitative estimate of drug-likeness (QED) is 0.611. The molecule has 1 saturated carbocycles. The smallest absolute Gasteiger partial charge is 0.230 e. The first kappa shape index (κ1) is 22.1. The lowest BCUT2D eigenvalue weighted by atomic mass is 9.95. The second-order valence-electron chi connectivity index (χ2n) is 8.85. The minimum absolute atomic E-state index is 0.0230. The minimum atomic E-state index is -0.0815. The van der Waals surface area contributed by atoms with Crippen LogP contribution in [0.3, 0.4) is 0 Å². The van der Waals surface area contributed by atoms with Crippen molar-refractivity contribution in [2.24, 2.45) is 5.92 Å². The average Bonchev–Trinajstić information content (AvgIpc) is 3.38. The first-order valence-electron chi connectivity index (χ1n) is 11.3. The van der Waals surface area contributed by atoms with Crippen LogP contribution in [0.1, 0.15) is 68.6 Å². The van der Waals surface area contributed by atoms with Gasteiger partial charge in [0.2, 0.25) is 5.91 Å². The highest BCUT2D eigenvalue weighted by Crippen LogP contribution is 2.36. The highest BCUT2D eigenvalue weighted by Gasteiger charge is 2.25. The second-order valence-corrected chi connectivity index (χ2v) is 9.80. The number of carbonyl (C=O) groups is 1. The molecule has 0 spiro atoms. The van der Waals surface area contributed by atoms with Crippen molar-refractivity contribution in [1.82, 2.24) is 14.9 Å². The van der Waals surface area contributed by atoms with Gasteiger partial charge in [0.15, 0.2) is 16.7 Å². The Morgan fingerprint density at radius 1 is 1.19 bits per heavy atom. The molecular formula is C24H33N3O3S. The fourth-order valence-corrected chi connectivity index (χ4v) is 5.49. The van der Waals surface area contributed by atoms with E-state index in [4.69, 9.17) is 14.5 Å². The Balaban J connectivity index is 1.43. The summed E-state index contributed by atoms with van der Waals surface area (Å²) in [5, 5.41) is 4.20. The minimum Gasteiger partial charge on any atom is -0.486 e. The van der Waals surface area contributed by atoms with E-state index in [1.165, 1.54) is 31.4 Å². The van der Waals surface area contributed by atoms with Crippen LogP contribution in [0.4, 0.5) is 0 Å². The lowest BCUT2D eigenvalue weighted by molar-refractivity contribution is -0.119. The van der Waals surface area contributed by atoms with Crippen molar-refractivity contribution < 1.29 is 14.3 Å². The molecule has 1 aliphatic carbocycles. The number of nitrogens with zero attached hydrogens (tertiary/aromatic N) is 2. The molecule has 0 bridgehead atoms. The third kappa shape index (κ3) is 4.86.